The van der Waals surface area contributed by atoms with Crippen molar-refractivity contribution in [3.8, 4) is 5.88 Å². The number of nitrogens with zero attached hydrogens (tertiary/aromatic N) is 2. The van der Waals surface area contributed by atoms with Crippen molar-refractivity contribution in [1.29, 1.82) is 0 Å². The van der Waals surface area contributed by atoms with Crippen LogP contribution in [0.3, 0.4) is 0 Å². The van der Waals surface area contributed by atoms with Gasteiger partial charge in [-0.2, -0.15) is 4.98 Å². The molecule has 0 saturated carbocycles. The SMILES string of the molecule is CCOCC(C)Oc1cc([N+](=O)[O-])cc(N)n1. The van der Waals surface area contributed by atoms with Gasteiger partial charge in [-0.25, -0.2) is 0 Å². The molecular weight excluding hydrogens is 226 g/mol. The van der Waals surface area contributed by atoms with Crippen molar-refractivity contribution in [3.63, 3.8) is 0 Å². The molecule has 1 unspecified atom stereocenters. The predicted octanol–water partition coefficient (Wildman–Crippen LogP) is 1.38. The highest BCUT2D eigenvalue weighted by atomic mass is 16.6. The van der Waals surface area contributed by atoms with Crippen LogP contribution in [0.5, 0.6) is 5.88 Å². The summed E-state index contributed by atoms with van der Waals surface area (Å²) in [6.45, 7) is 4.63. The van der Waals surface area contributed by atoms with E-state index in [9.17, 15) is 10.1 Å². The molecule has 1 atom stereocenters. The molecule has 7 heteroatoms. The number of nitrogen functional groups attached to an aromatic ring is 1. The maximum Gasteiger partial charge on any atom is 0.278 e. The van der Waals surface area contributed by atoms with E-state index in [0.29, 0.717) is 13.2 Å². The van der Waals surface area contributed by atoms with Gasteiger partial charge in [-0.05, 0) is 13.8 Å². The first-order chi connectivity index (χ1) is 8.02. The van der Waals surface area contributed by atoms with Gasteiger partial charge in [0.1, 0.15) is 11.9 Å². The Hall–Kier alpha value is -1.89. The molecule has 0 spiro atoms. The Labute approximate surface area is 98.7 Å². The average Bonchev–Trinajstić information content (AvgIpc) is 2.25. The van der Waals surface area contributed by atoms with Crippen LogP contribution in [0.25, 0.3) is 0 Å². The monoisotopic (exact) mass is 241 g/mol. The van der Waals surface area contributed by atoms with Gasteiger partial charge >= 0.3 is 0 Å². The lowest BCUT2D eigenvalue weighted by Crippen LogP contribution is -2.19. The third-order valence-corrected chi connectivity index (χ3v) is 1.90. The van der Waals surface area contributed by atoms with Crippen molar-refractivity contribution in [2.24, 2.45) is 0 Å². The van der Waals surface area contributed by atoms with Crippen LogP contribution in [-0.4, -0.2) is 29.2 Å². The Kier molecular flexibility index (Phi) is 4.65. The van der Waals surface area contributed by atoms with Crippen LogP contribution in [0.4, 0.5) is 11.5 Å². The number of ether oxygens (including phenoxy) is 2. The van der Waals surface area contributed by atoms with Crippen molar-refractivity contribution in [1.82, 2.24) is 4.98 Å². The fraction of sp³-hybridized carbons (Fsp3) is 0.500. The van der Waals surface area contributed by atoms with E-state index in [1.807, 2.05) is 6.92 Å². The molecule has 0 amide bonds. The number of hydrogen-bond acceptors (Lipinski definition) is 6. The summed E-state index contributed by atoms with van der Waals surface area (Å²) in [5, 5.41) is 10.6. The molecule has 1 rings (SSSR count). The number of pyridine rings is 1. The van der Waals surface area contributed by atoms with Crippen molar-refractivity contribution in [3.05, 3.63) is 22.2 Å². The smallest absolute Gasteiger partial charge is 0.278 e. The molecule has 0 fully saturated rings. The molecule has 0 aliphatic carbocycles. The Morgan fingerprint density at radius 1 is 1.59 bits per heavy atom. The summed E-state index contributed by atoms with van der Waals surface area (Å²) in [4.78, 5) is 13.9. The van der Waals surface area contributed by atoms with Gasteiger partial charge in [0.15, 0.2) is 0 Å². The summed E-state index contributed by atoms with van der Waals surface area (Å²) in [7, 11) is 0. The number of anilines is 1. The van der Waals surface area contributed by atoms with Crippen LogP contribution in [-0.2, 0) is 4.74 Å². The van der Waals surface area contributed by atoms with E-state index < -0.39 is 4.92 Å². The average molecular weight is 241 g/mol. The number of nitrogens with two attached hydrogens (primary N) is 1. The van der Waals surface area contributed by atoms with Crippen molar-refractivity contribution >= 4 is 11.5 Å². The third kappa shape index (κ3) is 4.23. The zero-order chi connectivity index (χ0) is 12.8. The Morgan fingerprint density at radius 2 is 2.29 bits per heavy atom. The topological polar surface area (TPSA) is 101 Å². The van der Waals surface area contributed by atoms with Crippen LogP contribution in [0.15, 0.2) is 12.1 Å². The van der Waals surface area contributed by atoms with Gasteiger partial charge in [0.2, 0.25) is 5.88 Å². The predicted molar refractivity (Wildman–Crippen MR) is 61.9 cm³/mol. The summed E-state index contributed by atoms with van der Waals surface area (Å²) >= 11 is 0. The molecule has 17 heavy (non-hydrogen) atoms. The second kappa shape index (κ2) is 6.00. The molecule has 2 N–H and O–H groups in total. The minimum Gasteiger partial charge on any atom is -0.472 e. The first-order valence-electron chi connectivity index (χ1n) is 5.19. The zero-order valence-corrected chi connectivity index (χ0v) is 9.75. The van der Waals surface area contributed by atoms with Gasteiger partial charge in [0.05, 0.1) is 23.7 Å². The van der Waals surface area contributed by atoms with E-state index in [1.54, 1.807) is 6.92 Å². The first kappa shape index (κ1) is 13.2. The normalized spacial score (nSPS) is 12.1. The molecule has 0 radical (unpaired) electrons. The Balaban J connectivity index is 2.73. The van der Waals surface area contributed by atoms with Gasteiger partial charge in [-0.15, -0.1) is 0 Å². The van der Waals surface area contributed by atoms with Crippen molar-refractivity contribution in [2.45, 2.75) is 20.0 Å². The molecule has 7 nitrogen and oxygen atoms in total. The number of rotatable bonds is 6. The van der Waals surface area contributed by atoms with Crippen LogP contribution in [0.1, 0.15) is 13.8 Å². The third-order valence-electron chi connectivity index (χ3n) is 1.90. The maximum atomic E-state index is 10.6. The number of hydrogen-bond donors (Lipinski definition) is 1. The van der Waals surface area contributed by atoms with E-state index in [-0.39, 0.29) is 23.5 Å². The van der Waals surface area contributed by atoms with Crippen LogP contribution >= 0.6 is 0 Å². The maximum absolute atomic E-state index is 10.6. The number of nitro groups is 1. The summed E-state index contributed by atoms with van der Waals surface area (Å²) in [6, 6.07) is 2.42. The highest BCUT2D eigenvalue weighted by Gasteiger charge is 2.12. The second-order valence-corrected chi connectivity index (χ2v) is 3.43. The van der Waals surface area contributed by atoms with Gasteiger partial charge < -0.3 is 15.2 Å². The quantitative estimate of drug-likeness (QED) is 0.596. The summed E-state index contributed by atoms with van der Waals surface area (Å²) in [6.07, 6.45) is -0.246. The molecule has 0 aliphatic heterocycles. The molecule has 0 aliphatic rings. The van der Waals surface area contributed by atoms with E-state index >= 15 is 0 Å². The van der Waals surface area contributed by atoms with Crippen LogP contribution < -0.4 is 10.5 Å². The largest absolute Gasteiger partial charge is 0.472 e. The molecule has 0 bridgehead atoms. The standard InChI is InChI=1S/C10H15N3O4/c1-3-16-6-7(2)17-10-5-8(13(14)15)4-9(11)12-10/h4-5,7H,3,6H2,1-2H3,(H2,11,12). The summed E-state index contributed by atoms with van der Waals surface area (Å²) < 4.78 is 10.5. The lowest BCUT2D eigenvalue weighted by Gasteiger charge is -2.13. The number of aromatic nitrogens is 1. The van der Waals surface area contributed by atoms with E-state index in [2.05, 4.69) is 4.98 Å². The highest BCUT2D eigenvalue weighted by Crippen LogP contribution is 2.21. The molecule has 1 aromatic heterocycles. The molecular formula is C10H15N3O4. The van der Waals surface area contributed by atoms with Crippen LogP contribution in [0, 0.1) is 10.1 Å². The second-order valence-electron chi connectivity index (χ2n) is 3.43. The molecule has 0 aromatic carbocycles. The molecule has 0 saturated heterocycles. The molecule has 94 valence electrons. The minimum atomic E-state index is -0.544. The van der Waals surface area contributed by atoms with E-state index in [0.717, 1.165) is 0 Å². The first-order valence-corrected chi connectivity index (χ1v) is 5.19. The van der Waals surface area contributed by atoms with Crippen molar-refractivity contribution < 1.29 is 14.4 Å². The zero-order valence-electron chi connectivity index (χ0n) is 9.75. The summed E-state index contributed by atoms with van der Waals surface area (Å²) in [5.41, 5.74) is 5.30. The fourth-order valence-electron chi connectivity index (χ4n) is 1.20. The van der Waals surface area contributed by atoms with Gasteiger partial charge in [-0.1, -0.05) is 0 Å². The van der Waals surface area contributed by atoms with E-state index in [4.69, 9.17) is 15.2 Å². The molecule has 1 heterocycles. The van der Waals surface area contributed by atoms with Gasteiger partial charge in [0, 0.05) is 6.61 Å². The fourth-order valence-corrected chi connectivity index (χ4v) is 1.20. The summed E-state index contributed by atoms with van der Waals surface area (Å²) in [5.74, 6) is 0.182. The molecule has 1 aromatic rings. The Morgan fingerprint density at radius 3 is 2.88 bits per heavy atom. The van der Waals surface area contributed by atoms with Crippen molar-refractivity contribution in [2.75, 3.05) is 18.9 Å². The van der Waals surface area contributed by atoms with Gasteiger partial charge in [-0.3, -0.25) is 10.1 Å². The van der Waals surface area contributed by atoms with Crippen LogP contribution in [0.2, 0.25) is 0 Å². The Bertz CT molecular complexity index is 397. The van der Waals surface area contributed by atoms with Gasteiger partial charge in [0.25, 0.3) is 5.69 Å². The van der Waals surface area contributed by atoms with E-state index in [1.165, 1.54) is 12.1 Å². The lowest BCUT2D eigenvalue weighted by atomic mass is 10.4. The lowest BCUT2D eigenvalue weighted by molar-refractivity contribution is -0.384. The highest BCUT2D eigenvalue weighted by molar-refractivity contribution is 5.45. The minimum absolute atomic E-state index is 0.0535.